The van der Waals surface area contributed by atoms with Gasteiger partial charge >= 0.3 is 0 Å². The number of carbonyl (C=O) groups is 1. The van der Waals surface area contributed by atoms with Gasteiger partial charge in [-0.2, -0.15) is 4.31 Å². The van der Waals surface area contributed by atoms with E-state index in [1.165, 1.54) is 4.31 Å². The predicted octanol–water partition coefficient (Wildman–Crippen LogP) is 1.15. The van der Waals surface area contributed by atoms with Gasteiger partial charge in [0.25, 0.3) is 0 Å². The van der Waals surface area contributed by atoms with Gasteiger partial charge in [-0.05, 0) is 43.5 Å². The lowest BCUT2D eigenvalue weighted by molar-refractivity contribution is -0.131. The van der Waals surface area contributed by atoms with E-state index in [9.17, 15) is 13.2 Å². The highest BCUT2D eigenvalue weighted by atomic mass is 32.2. The van der Waals surface area contributed by atoms with Gasteiger partial charge in [-0.25, -0.2) is 8.42 Å². The maximum absolute atomic E-state index is 13.1. The number of sulfonamides is 1. The molecule has 0 unspecified atom stereocenters. The Labute approximate surface area is 162 Å². The number of rotatable bonds is 9. The molecule has 2 rings (SSSR count). The first kappa shape index (κ1) is 21.8. The minimum absolute atomic E-state index is 0.00327. The Bertz CT molecular complexity index is 730. The van der Waals surface area contributed by atoms with E-state index in [-0.39, 0.29) is 23.8 Å². The summed E-state index contributed by atoms with van der Waals surface area (Å²) in [7, 11) is -2.06. The molecular weight excluding hydrogens is 366 g/mol. The molecule has 0 atom stereocenters. The molecule has 0 saturated carbocycles. The summed E-state index contributed by atoms with van der Waals surface area (Å²) in [5.41, 5.74) is 1.98. The van der Waals surface area contributed by atoms with Crippen LogP contribution in [0.4, 0.5) is 0 Å². The highest BCUT2D eigenvalue weighted by Crippen LogP contribution is 2.20. The number of piperazine rings is 1. The number of aryl methyl sites for hydroxylation is 2. The van der Waals surface area contributed by atoms with E-state index < -0.39 is 10.0 Å². The lowest BCUT2D eigenvalue weighted by Crippen LogP contribution is -2.47. The molecule has 1 fully saturated rings. The van der Waals surface area contributed by atoms with Gasteiger partial charge in [-0.3, -0.25) is 4.79 Å². The van der Waals surface area contributed by atoms with Crippen molar-refractivity contribution in [3.63, 3.8) is 0 Å². The van der Waals surface area contributed by atoms with Crippen molar-refractivity contribution in [2.45, 2.75) is 31.6 Å². The minimum atomic E-state index is -3.65. The maximum Gasteiger partial charge on any atom is 0.243 e. The fourth-order valence-electron chi connectivity index (χ4n) is 3.05. The smallest absolute Gasteiger partial charge is 0.243 e. The monoisotopic (exact) mass is 397 g/mol. The van der Waals surface area contributed by atoms with Gasteiger partial charge in [0.2, 0.25) is 15.9 Å². The zero-order valence-electron chi connectivity index (χ0n) is 16.5. The molecule has 8 heteroatoms. The van der Waals surface area contributed by atoms with Crippen LogP contribution in [-0.2, 0) is 19.6 Å². The van der Waals surface area contributed by atoms with Gasteiger partial charge in [0, 0.05) is 59.4 Å². The van der Waals surface area contributed by atoms with Crippen LogP contribution < -0.4 is 5.32 Å². The summed E-state index contributed by atoms with van der Waals surface area (Å²) < 4.78 is 32.7. The Kier molecular flexibility index (Phi) is 8.22. The number of hydrogen-bond acceptors (Lipinski definition) is 5. The Morgan fingerprint density at radius 1 is 1.19 bits per heavy atom. The maximum atomic E-state index is 13.1. The van der Waals surface area contributed by atoms with E-state index in [0.29, 0.717) is 32.7 Å². The lowest BCUT2D eigenvalue weighted by atomic mass is 10.1. The van der Waals surface area contributed by atoms with E-state index in [0.717, 1.165) is 24.2 Å². The molecule has 1 aromatic rings. The number of carbonyl (C=O) groups excluding carboxylic acids is 1. The van der Waals surface area contributed by atoms with Crippen molar-refractivity contribution in [1.82, 2.24) is 14.5 Å². The van der Waals surface area contributed by atoms with Crippen LogP contribution in [-0.4, -0.2) is 76.5 Å². The predicted molar refractivity (Wildman–Crippen MR) is 105 cm³/mol. The van der Waals surface area contributed by atoms with Crippen LogP contribution in [0, 0.1) is 13.8 Å². The topological polar surface area (TPSA) is 79.0 Å². The summed E-state index contributed by atoms with van der Waals surface area (Å²) in [4.78, 5) is 14.5. The van der Waals surface area contributed by atoms with E-state index in [1.807, 2.05) is 19.9 Å². The summed E-state index contributed by atoms with van der Waals surface area (Å²) in [6.07, 6.45) is 0.777. The fraction of sp³-hybridized carbons (Fsp3) is 0.632. The van der Waals surface area contributed by atoms with Crippen LogP contribution in [0.15, 0.2) is 23.1 Å². The van der Waals surface area contributed by atoms with E-state index in [1.54, 1.807) is 24.1 Å². The second-order valence-electron chi connectivity index (χ2n) is 6.88. The largest absolute Gasteiger partial charge is 0.385 e. The zero-order chi connectivity index (χ0) is 19.9. The molecule has 152 valence electrons. The Hall–Kier alpha value is -1.48. The average Bonchev–Trinajstić information content (AvgIpc) is 2.66. The van der Waals surface area contributed by atoms with Gasteiger partial charge in [-0.15, -0.1) is 0 Å². The van der Waals surface area contributed by atoms with Gasteiger partial charge in [0.05, 0.1) is 4.90 Å². The molecular formula is C19H31N3O4S. The molecule has 0 bridgehead atoms. The number of nitrogens with one attached hydrogen (secondary N) is 1. The number of hydrogen-bond donors (Lipinski definition) is 1. The van der Waals surface area contributed by atoms with Crippen LogP contribution in [0.3, 0.4) is 0 Å². The molecule has 27 heavy (non-hydrogen) atoms. The molecule has 0 aromatic heterocycles. The molecule has 1 amide bonds. The zero-order valence-corrected chi connectivity index (χ0v) is 17.3. The van der Waals surface area contributed by atoms with Crippen molar-refractivity contribution >= 4 is 15.9 Å². The van der Waals surface area contributed by atoms with Gasteiger partial charge in [0.15, 0.2) is 0 Å². The summed E-state index contributed by atoms with van der Waals surface area (Å²) in [6.45, 7) is 7.75. The molecule has 7 nitrogen and oxygen atoms in total. The minimum Gasteiger partial charge on any atom is -0.385 e. The van der Waals surface area contributed by atoms with Crippen molar-refractivity contribution in [3.8, 4) is 0 Å². The van der Waals surface area contributed by atoms with Crippen LogP contribution in [0.25, 0.3) is 0 Å². The molecule has 1 heterocycles. The second-order valence-corrected chi connectivity index (χ2v) is 8.82. The standard InChI is InChI=1S/C19H31N3O4S/c1-16-5-6-18(15-17(16)2)27(24,25)22(10-4-14-26-3)11-7-19(23)21-12-8-20-9-13-21/h5-6,15,20H,4,7-14H2,1-3H3. The summed E-state index contributed by atoms with van der Waals surface area (Å²) in [5.74, 6) is 0.00327. The van der Waals surface area contributed by atoms with Crippen LogP contribution in [0.1, 0.15) is 24.0 Å². The van der Waals surface area contributed by atoms with Crippen molar-refractivity contribution in [2.24, 2.45) is 0 Å². The summed E-state index contributed by atoms with van der Waals surface area (Å²) >= 11 is 0. The van der Waals surface area contributed by atoms with E-state index in [4.69, 9.17) is 4.74 Å². The van der Waals surface area contributed by atoms with Crippen molar-refractivity contribution in [1.29, 1.82) is 0 Å². The first-order valence-electron chi connectivity index (χ1n) is 9.41. The van der Waals surface area contributed by atoms with Crippen LogP contribution >= 0.6 is 0 Å². The normalized spacial score (nSPS) is 15.3. The van der Waals surface area contributed by atoms with Gasteiger partial charge in [-0.1, -0.05) is 6.07 Å². The lowest BCUT2D eigenvalue weighted by Gasteiger charge is -2.29. The Morgan fingerprint density at radius 2 is 1.89 bits per heavy atom. The summed E-state index contributed by atoms with van der Waals surface area (Å²) in [6, 6.07) is 5.16. The third-order valence-corrected chi connectivity index (χ3v) is 6.81. The molecule has 1 aromatic carbocycles. The average molecular weight is 398 g/mol. The van der Waals surface area contributed by atoms with Gasteiger partial charge in [0.1, 0.15) is 0 Å². The van der Waals surface area contributed by atoms with Gasteiger partial charge < -0.3 is 15.0 Å². The van der Waals surface area contributed by atoms with Crippen molar-refractivity contribution in [3.05, 3.63) is 29.3 Å². The SMILES string of the molecule is COCCCN(CCC(=O)N1CCNCC1)S(=O)(=O)c1ccc(C)c(C)c1. The molecule has 1 N–H and O–H groups in total. The first-order valence-corrected chi connectivity index (χ1v) is 10.8. The molecule has 1 saturated heterocycles. The van der Waals surface area contributed by atoms with E-state index >= 15 is 0 Å². The first-order chi connectivity index (χ1) is 12.9. The number of benzene rings is 1. The third kappa shape index (κ3) is 6.00. The number of amides is 1. The molecule has 0 radical (unpaired) electrons. The number of ether oxygens (including phenoxy) is 1. The number of nitrogens with zero attached hydrogens (tertiary/aromatic N) is 2. The highest BCUT2D eigenvalue weighted by Gasteiger charge is 2.26. The molecule has 0 spiro atoms. The second kappa shape index (κ2) is 10.2. The van der Waals surface area contributed by atoms with Crippen molar-refractivity contribution in [2.75, 3.05) is 53.0 Å². The van der Waals surface area contributed by atoms with Crippen molar-refractivity contribution < 1.29 is 17.9 Å². The fourth-order valence-corrected chi connectivity index (χ4v) is 4.62. The Morgan fingerprint density at radius 3 is 2.52 bits per heavy atom. The molecule has 1 aliphatic heterocycles. The highest BCUT2D eigenvalue weighted by molar-refractivity contribution is 7.89. The number of methoxy groups -OCH3 is 1. The molecule has 0 aliphatic carbocycles. The van der Waals surface area contributed by atoms with Crippen LogP contribution in [0.2, 0.25) is 0 Å². The Balaban J connectivity index is 2.11. The van der Waals surface area contributed by atoms with E-state index in [2.05, 4.69) is 5.32 Å². The third-order valence-electron chi connectivity index (χ3n) is 4.92. The quantitative estimate of drug-likeness (QED) is 0.633. The molecule has 1 aliphatic rings. The van der Waals surface area contributed by atoms with Crippen LogP contribution in [0.5, 0.6) is 0 Å². The summed E-state index contributed by atoms with van der Waals surface area (Å²) in [5, 5.41) is 3.21.